The van der Waals surface area contributed by atoms with Crippen LogP contribution in [0.4, 0.5) is 0 Å². The molecule has 1 heterocycles. The van der Waals surface area contributed by atoms with Gasteiger partial charge in [0.15, 0.2) is 0 Å². The van der Waals surface area contributed by atoms with E-state index in [2.05, 4.69) is 0 Å². The van der Waals surface area contributed by atoms with Gasteiger partial charge in [-0.15, -0.1) is 0 Å². The largest absolute Gasteiger partial charge is 0.323 e. The highest BCUT2D eigenvalue weighted by atomic mass is 32.2. The second-order valence-corrected chi connectivity index (χ2v) is 7.40. The van der Waals surface area contributed by atoms with Crippen molar-refractivity contribution >= 4 is 21.8 Å². The molecule has 0 atom stereocenters. The highest BCUT2D eigenvalue weighted by Crippen LogP contribution is 2.30. The van der Waals surface area contributed by atoms with Crippen LogP contribution in [0.2, 0.25) is 0 Å². The maximum Gasteiger partial charge on any atom is 0.243 e. The summed E-state index contributed by atoms with van der Waals surface area (Å²) in [5, 5.41) is 0. The maximum absolute atomic E-state index is 11.9. The average Bonchev–Trinajstić information content (AvgIpc) is 3.02. The third kappa shape index (κ3) is 3.66. The van der Waals surface area contributed by atoms with Crippen LogP contribution in [0.3, 0.4) is 0 Å². The Bertz CT molecular complexity index is 486. The maximum atomic E-state index is 11.9. The SMILES string of the molecule is CN(CC(=O)N1CC(=O)N(CC2CC2)C1)S(C)(=O)=O. The van der Waals surface area contributed by atoms with Crippen LogP contribution in [0.15, 0.2) is 0 Å². The first-order valence-electron chi connectivity index (χ1n) is 6.24. The fourth-order valence-electron chi connectivity index (χ4n) is 1.94. The fraction of sp³-hybridized carbons (Fsp3) is 0.818. The molecule has 0 unspecified atom stereocenters. The van der Waals surface area contributed by atoms with E-state index >= 15 is 0 Å². The second kappa shape index (κ2) is 5.09. The summed E-state index contributed by atoms with van der Waals surface area (Å²) in [5.74, 6) is 0.194. The molecule has 2 rings (SSSR count). The molecule has 0 radical (unpaired) electrons. The van der Waals surface area contributed by atoms with Gasteiger partial charge in [0.05, 0.1) is 19.5 Å². The van der Waals surface area contributed by atoms with Crippen molar-refractivity contribution in [3.05, 3.63) is 0 Å². The smallest absolute Gasteiger partial charge is 0.243 e. The molecule has 7 nitrogen and oxygen atoms in total. The molecule has 0 aromatic carbocycles. The lowest BCUT2D eigenvalue weighted by Crippen LogP contribution is -2.40. The van der Waals surface area contributed by atoms with E-state index in [4.69, 9.17) is 0 Å². The molecule has 2 amide bonds. The Morgan fingerprint density at radius 3 is 2.58 bits per heavy atom. The quantitative estimate of drug-likeness (QED) is 0.645. The molecule has 108 valence electrons. The minimum absolute atomic E-state index is 0.0535. The van der Waals surface area contributed by atoms with Crippen LogP contribution in [-0.2, 0) is 19.6 Å². The lowest BCUT2D eigenvalue weighted by Gasteiger charge is -2.20. The zero-order valence-electron chi connectivity index (χ0n) is 11.2. The van der Waals surface area contributed by atoms with E-state index in [0.29, 0.717) is 12.5 Å². The van der Waals surface area contributed by atoms with Gasteiger partial charge < -0.3 is 9.80 Å². The van der Waals surface area contributed by atoms with Crippen LogP contribution in [0.5, 0.6) is 0 Å². The van der Waals surface area contributed by atoms with Crippen molar-refractivity contribution in [1.82, 2.24) is 14.1 Å². The van der Waals surface area contributed by atoms with Crippen molar-refractivity contribution in [2.24, 2.45) is 5.92 Å². The normalized spacial score (nSPS) is 20.5. The number of nitrogens with zero attached hydrogens (tertiary/aromatic N) is 3. The number of hydrogen-bond acceptors (Lipinski definition) is 4. The number of amides is 2. The van der Waals surface area contributed by atoms with Crippen LogP contribution in [-0.4, -0.2) is 73.9 Å². The third-order valence-electron chi connectivity index (χ3n) is 3.47. The summed E-state index contributed by atoms with van der Waals surface area (Å²) in [7, 11) is -2.02. The summed E-state index contributed by atoms with van der Waals surface area (Å²) >= 11 is 0. The summed E-state index contributed by atoms with van der Waals surface area (Å²) in [6.07, 6.45) is 3.35. The second-order valence-electron chi connectivity index (χ2n) is 5.31. The van der Waals surface area contributed by atoms with Gasteiger partial charge in [0, 0.05) is 13.6 Å². The van der Waals surface area contributed by atoms with Gasteiger partial charge in [-0.25, -0.2) is 8.42 Å². The summed E-state index contributed by atoms with van der Waals surface area (Å²) in [6, 6.07) is 0. The van der Waals surface area contributed by atoms with Gasteiger partial charge in [-0.2, -0.15) is 4.31 Å². The highest BCUT2D eigenvalue weighted by Gasteiger charge is 2.35. The van der Waals surface area contributed by atoms with Crippen LogP contribution in [0, 0.1) is 5.92 Å². The van der Waals surface area contributed by atoms with Crippen molar-refractivity contribution in [2.75, 3.05) is 39.6 Å². The molecule has 1 aliphatic heterocycles. The molecule has 2 aliphatic rings. The number of hydrogen-bond donors (Lipinski definition) is 0. The molecule has 1 aliphatic carbocycles. The molecular formula is C11H19N3O4S. The summed E-state index contributed by atoms with van der Waals surface area (Å²) < 4.78 is 23.5. The van der Waals surface area contributed by atoms with Gasteiger partial charge >= 0.3 is 0 Å². The van der Waals surface area contributed by atoms with Crippen molar-refractivity contribution in [3.63, 3.8) is 0 Å². The molecule has 8 heteroatoms. The van der Waals surface area contributed by atoms with E-state index in [-0.39, 0.29) is 31.6 Å². The number of sulfonamides is 1. The van der Waals surface area contributed by atoms with Crippen LogP contribution in [0.25, 0.3) is 0 Å². The zero-order chi connectivity index (χ0) is 14.2. The Hall–Kier alpha value is -1.15. The first-order valence-corrected chi connectivity index (χ1v) is 8.09. The van der Waals surface area contributed by atoms with Gasteiger partial charge in [0.1, 0.15) is 6.54 Å². The minimum Gasteiger partial charge on any atom is -0.323 e. The average molecular weight is 289 g/mol. The molecule has 0 N–H and O–H groups in total. The third-order valence-corrected chi connectivity index (χ3v) is 4.73. The van der Waals surface area contributed by atoms with E-state index in [0.717, 1.165) is 23.4 Å². The summed E-state index contributed by atoms with van der Waals surface area (Å²) in [6.45, 7) is 0.836. The molecule has 0 aromatic heterocycles. The van der Waals surface area contributed by atoms with Crippen molar-refractivity contribution in [2.45, 2.75) is 12.8 Å². The van der Waals surface area contributed by atoms with Gasteiger partial charge in [0.2, 0.25) is 21.8 Å². The first kappa shape index (κ1) is 14.3. The summed E-state index contributed by atoms with van der Waals surface area (Å²) in [5.41, 5.74) is 0. The Labute approximate surface area is 113 Å². The highest BCUT2D eigenvalue weighted by molar-refractivity contribution is 7.88. The lowest BCUT2D eigenvalue weighted by atomic mass is 10.4. The Morgan fingerprint density at radius 2 is 2.05 bits per heavy atom. The first-order chi connectivity index (χ1) is 8.77. The lowest BCUT2D eigenvalue weighted by molar-refractivity contribution is -0.131. The standard InChI is InChI=1S/C11H19N3O4S/c1-12(19(2,17)18)6-10(15)14-7-11(16)13(8-14)5-9-3-4-9/h9H,3-8H2,1-2H3. The summed E-state index contributed by atoms with van der Waals surface area (Å²) in [4.78, 5) is 26.8. The number of rotatable bonds is 5. The van der Waals surface area contributed by atoms with Crippen molar-refractivity contribution in [1.29, 1.82) is 0 Å². The minimum atomic E-state index is -3.38. The monoisotopic (exact) mass is 289 g/mol. The van der Waals surface area contributed by atoms with Gasteiger partial charge in [0.25, 0.3) is 0 Å². The van der Waals surface area contributed by atoms with Crippen molar-refractivity contribution in [3.8, 4) is 0 Å². The molecule has 1 saturated carbocycles. The van der Waals surface area contributed by atoms with Crippen LogP contribution < -0.4 is 0 Å². The van der Waals surface area contributed by atoms with E-state index in [1.165, 1.54) is 11.9 Å². The predicted molar refractivity (Wildman–Crippen MR) is 68.5 cm³/mol. The zero-order valence-corrected chi connectivity index (χ0v) is 12.0. The Kier molecular flexibility index (Phi) is 3.82. The number of likely N-dealkylation sites (N-methyl/N-ethyl adjacent to an activating group) is 1. The van der Waals surface area contributed by atoms with Crippen molar-refractivity contribution < 1.29 is 18.0 Å². The van der Waals surface area contributed by atoms with Gasteiger partial charge in [-0.3, -0.25) is 9.59 Å². The molecule has 0 aromatic rings. The van der Waals surface area contributed by atoms with Crippen LogP contribution in [0.1, 0.15) is 12.8 Å². The van der Waals surface area contributed by atoms with Crippen LogP contribution >= 0.6 is 0 Å². The van der Waals surface area contributed by atoms with Gasteiger partial charge in [-0.05, 0) is 18.8 Å². The Balaban J connectivity index is 1.88. The van der Waals surface area contributed by atoms with E-state index < -0.39 is 10.0 Å². The fourth-order valence-corrected chi connectivity index (χ4v) is 2.29. The predicted octanol–water partition coefficient (Wildman–Crippen LogP) is -1.08. The molecule has 0 spiro atoms. The molecule has 19 heavy (non-hydrogen) atoms. The van der Waals surface area contributed by atoms with E-state index in [1.54, 1.807) is 4.90 Å². The van der Waals surface area contributed by atoms with E-state index in [9.17, 15) is 18.0 Å². The number of carbonyl (C=O) groups excluding carboxylic acids is 2. The molecule has 1 saturated heterocycles. The Morgan fingerprint density at radius 1 is 1.42 bits per heavy atom. The molecular weight excluding hydrogens is 270 g/mol. The topological polar surface area (TPSA) is 78.0 Å². The molecule has 2 fully saturated rings. The van der Waals surface area contributed by atoms with Gasteiger partial charge in [-0.1, -0.05) is 0 Å². The number of carbonyl (C=O) groups is 2. The van der Waals surface area contributed by atoms with E-state index in [1.807, 2.05) is 0 Å². The molecule has 0 bridgehead atoms.